The fraction of sp³-hybridized carbons (Fsp3) is 0.333. The Bertz CT molecular complexity index is 991. The summed E-state index contributed by atoms with van der Waals surface area (Å²) in [5, 5.41) is 13.5. The number of nitro benzene ring substituents is 1. The van der Waals surface area contributed by atoms with Gasteiger partial charge in [0.1, 0.15) is 10.6 Å². The van der Waals surface area contributed by atoms with Crippen LogP contribution in [0.4, 0.5) is 21.5 Å². The summed E-state index contributed by atoms with van der Waals surface area (Å²) in [6.07, 6.45) is 1.60. The molecule has 1 aliphatic rings. The molecule has 0 radical (unpaired) electrons. The van der Waals surface area contributed by atoms with Crippen molar-refractivity contribution >= 4 is 27.1 Å². The minimum Gasteiger partial charge on any atom is -0.492 e. The predicted molar refractivity (Wildman–Crippen MR) is 102 cm³/mol. The highest BCUT2D eigenvalue weighted by molar-refractivity contribution is 7.89. The minimum absolute atomic E-state index is 0.000666. The summed E-state index contributed by atoms with van der Waals surface area (Å²) in [5.74, 6) is -0.587. The lowest BCUT2D eigenvalue weighted by molar-refractivity contribution is -0.385. The predicted octanol–water partition coefficient (Wildman–Crippen LogP) is 3.66. The first kappa shape index (κ1) is 20.0. The first-order chi connectivity index (χ1) is 13.3. The van der Waals surface area contributed by atoms with Gasteiger partial charge in [-0.2, -0.15) is 4.31 Å². The Labute approximate surface area is 162 Å². The number of hydrogen-bond acceptors (Lipinski definition) is 6. The van der Waals surface area contributed by atoms with Crippen molar-refractivity contribution in [3.63, 3.8) is 0 Å². The van der Waals surface area contributed by atoms with E-state index in [1.165, 1.54) is 28.6 Å². The molecular formula is C18H20FN3O5S. The molecule has 3 rings (SSSR count). The number of anilines is 2. The molecule has 0 amide bonds. The van der Waals surface area contributed by atoms with Gasteiger partial charge in [0.05, 0.1) is 23.3 Å². The third-order valence-corrected chi connectivity index (χ3v) is 6.29. The highest BCUT2D eigenvalue weighted by atomic mass is 32.2. The molecule has 2 aromatic carbocycles. The summed E-state index contributed by atoms with van der Waals surface area (Å²) in [5.41, 5.74) is -0.0414. The first-order valence-electron chi connectivity index (χ1n) is 8.81. The van der Waals surface area contributed by atoms with E-state index in [0.717, 1.165) is 18.9 Å². The lowest BCUT2D eigenvalue weighted by Crippen LogP contribution is -2.28. The van der Waals surface area contributed by atoms with E-state index in [4.69, 9.17) is 4.74 Å². The van der Waals surface area contributed by atoms with Crippen LogP contribution in [0, 0.1) is 15.9 Å². The number of hydrogen-bond donors (Lipinski definition) is 1. The fourth-order valence-corrected chi connectivity index (χ4v) is 4.68. The normalized spacial score (nSPS) is 14.8. The molecule has 0 unspecified atom stereocenters. The zero-order valence-electron chi connectivity index (χ0n) is 15.2. The zero-order valence-corrected chi connectivity index (χ0v) is 16.0. The molecule has 1 aliphatic heterocycles. The number of sulfonamides is 1. The van der Waals surface area contributed by atoms with Crippen molar-refractivity contribution in [2.75, 3.05) is 25.0 Å². The number of non-ortho nitro benzene ring substituents is 1. The topological polar surface area (TPSA) is 102 Å². The number of halogens is 1. The van der Waals surface area contributed by atoms with Crippen molar-refractivity contribution in [1.29, 1.82) is 0 Å². The van der Waals surface area contributed by atoms with Gasteiger partial charge in [0.2, 0.25) is 10.0 Å². The molecule has 8 nitrogen and oxygen atoms in total. The van der Waals surface area contributed by atoms with Gasteiger partial charge in [-0.15, -0.1) is 0 Å². The number of benzene rings is 2. The van der Waals surface area contributed by atoms with Gasteiger partial charge in [0.15, 0.2) is 5.82 Å². The van der Waals surface area contributed by atoms with Gasteiger partial charge in [-0.3, -0.25) is 10.1 Å². The molecular weight excluding hydrogens is 389 g/mol. The average Bonchev–Trinajstić information content (AvgIpc) is 3.20. The van der Waals surface area contributed by atoms with Crippen molar-refractivity contribution in [3.8, 4) is 5.75 Å². The van der Waals surface area contributed by atoms with Crippen LogP contribution in [0.15, 0.2) is 41.3 Å². The SMILES string of the molecule is CCOc1ccc(Nc2ccc([N+](=O)[O-])cc2F)cc1S(=O)(=O)N1CCCC1. The molecule has 0 saturated carbocycles. The molecule has 2 aromatic rings. The second-order valence-electron chi connectivity index (χ2n) is 6.25. The molecule has 150 valence electrons. The number of nitrogens with zero attached hydrogens (tertiary/aromatic N) is 2. The Hall–Kier alpha value is -2.72. The van der Waals surface area contributed by atoms with Crippen LogP contribution in [0.5, 0.6) is 5.75 Å². The molecule has 1 heterocycles. The number of ether oxygens (including phenoxy) is 1. The van der Waals surface area contributed by atoms with E-state index < -0.39 is 20.8 Å². The van der Waals surface area contributed by atoms with E-state index >= 15 is 0 Å². The first-order valence-corrected chi connectivity index (χ1v) is 10.2. The fourth-order valence-electron chi connectivity index (χ4n) is 3.00. The van der Waals surface area contributed by atoms with Crippen LogP contribution in [0.25, 0.3) is 0 Å². The van der Waals surface area contributed by atoms with Crippen molar-refractivity contribution in [1.82, 2.24) is 4.31 Å². The van der Waals surface area contributed by atoms with Crippen LogP contribution in [-0.2, 0) is 10.0 Å². The van der Waals surface area contributed by atoms with Gasteiger partial charge >= 0.3 is 0 Å². The summed E-state index contributed by atoms with van der Waals surface area (Å²) in [6.45, 7) is 2.95. The van der Waals surface area contributed by atoms with E-state index in [0.29, 0.717) is 25.4 Å². The summed E-state index contributed by atoms with van der Waals surface area (Å²) < 4.78 is 47.0. The van der Waals surface area contributed by atoms with E-state index in [2.05, 4.69) is 5.32 Å². The Morgan fingerprint density at radius 3 is 2.54 bits per heavy atom. The number of rotatable bonds is 7. The van der Waals surface area contributed by atoms with E-state index in [1.807, 2.05) is 0 Å². The van der Waals surface area contributed by atoms with Crippen molar-refractivity contribution < 1.29 is 22.5 Å². The van der Waals surface area contributed by atoms with Gasteiger partial charge in [-0.25, -0.2) is 12.8 Å². The smallest absolute Gasteiger partial charge is 0.272 e. The third-order valence-electron chi connectivity index (χ3n) is 4.37. The lowest BCUT2D eigenvalue weighted by Gasteiger charge is -2.19. The largest absolute Gasteiger partial charge is 0.492 e. The van der Waals surface area contributed by atoms with Crippen molar-refractivity contribution in [3.05, 3.63) is 52.3 Å². The average molecular weight is 409 g/mol. The summed E-state index contributed by atoms with van der Waals surface area (Å²) in [4.78, 5) is 10.0. The molecule has 28 heavy (non-hydrogen) atoms. The molecule has 0 spiro atoms. The van der Waals surface area contributed by atoms with Gasteiger partial charge in [0, 0.05) is 24.8 Å². The number of nitro groups is 1. The third kappa shape index (κ3) is 4.07. The maximum Gasteiger partial charge on any atom is 0.272 e. The maximum atomic E-state index is 14.2. The quantitative estimate of drug-likeness (QED) is 0.553. The van der Waals surface area contributed by atoms with Gasteiger partial charge in [-0.1, -0.05) is 0 Å². The Kier molecular flexibility index (Phi) is 5.80. The zero-order chi connectivity index (χ0) is 20.3. The maximum absolute atomic E-state index is 14.2. The monoisotopic (exact) mass is 409 g/mol. The highest BCUT2D eigenvalue weighted by Gasteiger charge is 2.30. The Morgan fingerprint density at radius 2 is 1.93 bits per heavy atom. The van der Waals surface area contributed by atoms with E-state index in [9.17, 15) is 22.9 Å². The Balaban J connectivity index is 1.96. The molecule has 0 aromatic heterocycles. The molecule has 10 heteroatoms. The molecule has 0 bridgehead atoms. The van der Waals surface area contributed by atoms with Crippen LogP contribution in [-0.4, -0.2) is 37.3 Å². The minimum atomic E-state index is -3.75. The highest BCUT2D eigenvalue weighted by Crippen LogP contribution is 2.33. The van der Waals surface area contributed by atoms with Crippen LogP contribution in [0.2, 0.25) is 0 Å². The second kappa shape index (κ2) is 8.11. The van der Waals surface area contributed by atoms with Gasteiger partial charge in [0.25, 0.3) is 5.69 Å². The molecule has 0 atom stereocenters. The van der Waals surface area contributed by atoms with Gasteiger partial charge < -0.3 is 10.1 Å². The standard InChI is InChI=1S/C18H20FN3O5S/c1-2-27-17-8-5-13(11-18(17)28(25,26)21-9-3-4-10-21)20-16-7-6-14(22(23)24)12-15(16)19/h5-8,11-12,20H,2-4,9-10H2,1H3. The Morgan fingerprint density at radius 1 is 1.21 bits per heavy atom. The van der Waals surface area contributed by atoms with E-state index in [1.54, 1.807) is 13.0 Å². The number of nitrogens with one attached hydrogen (secondary N) is 1. The summed E-state index contributed by atoms with van der Waals surface area (Å²) in [7, 11) is -3.75. The van der Waals surface area contributed by atoms with Crippen LogP contribution < -0.4 is 10.1 Å². The van der Waals surface area contributed by atoms with Crippen LogP contribution >= 0.6 is 0 Å². The van der Waals surface area contributed by atoms with Crippen molar-refractivity contribution in [2.24, 2.45) is 0 Å². The summed E-state index contributed by atoms with van der Waals surface area (Å²) >= 11 is 0. The van der Waals surface area contributed by atoms with Crippen molar-refractivity contribution in [2.45, 2.75) is 24.7 Å². The summed E-state index contributed by atoms with van der Waals surface area (Å²) in [6, 6.07) is 7.67. The lowest BCUT2D eigenvalue weighted by atomic mass is 10.2. The van der Waals surface area contributed by atoms with Crippen LogP contribution in [0.1, 0.15) is 19.8 Å². The molecule has 1 fully saturated rings. The van der Waals surface area contributed by atoms with Crippen LogP contribution in [0.3, 0.4) is 0 Å². The van der Waals surface area contributed by atoms with Gasteiger partial charge in [-0.05, 0) is 44.0 Å². The van der Waals surface area contributed by atoms with E-state index in [-0.39, 0.29) is 22.0 Å². The molecule has 1 N–H and O–H groups in total. The second-order valence-corrected chi connectivity index (χ2v) is 8.16. The molecule has 0 aliphatic carbocycles. The molecule has 1 saturated heterocycles.